The zero-order valence-corrected chi connectivity index (χ0v) is 20.8. The van der Waals surface area contributed by atoms with Crippen LogP contribution in [-0.2, 0) is 0 Å². The molecule has 0 radical (unpaired) electrons. The minimum atomic E-state index is -0.807. The molecule has 1 aliphatic rings. The van der Waals surface area contributed by atoms with Gasteiger partial charge >= 0.3 is 0 Å². The number of benzene rings is 2. The number of amidine groups is 1. The van der Waals surface area contributed by atoms with Crippen molar-refractivity contribution in [3.05, 3.63) is 80.7 Å². The van der Waals surface area contributed by atoms with E-state index in [4.69, 9.17) is 27.3 Å². The molecule has 2 aromatic heterocycles. The largest absolute Gasteiger partial charge is 0.387 e. The number of aliphatic imine (C=N–C) groups is 1. The molecule has 0 bridgehead atoms. The van der Waals surface area contributed by atoms with Crippen LogP contribution in [0.4, 0.5) is 5.69 Å². The monoisotopic (exact) mass is 504 g/mol. The number of nitrogens with one attached hydrogen (secondary N) is 3. The van der Waals surface area contributed by atoms with E-state index in [0.717, 1.165) is 35.0 Å². The summed E-state index contributed by atoms with van der Waals surface area (Å²) in [6.45, 7) is 2.16. The highest BCUT2D eigenvalue weighted by Crippen LogP contribution is 2.28. The molecule has 36 heavy (non-hydrogen) atoms. The fraction of sp³-hybridized carbons (Fsp3) is 0.296. The first-order valence-corrected chi connectivity index (χ1v) is 12.5. The van der Waals surface area contributed by atoms with Crippen molar-refractivity contribution >= 4 is 34.2 Å². The molecule has 0 spiro atoms. The van der Waals surface area contributed by atoms with E-state index in [1.165, 1.54) is 12.8 Å². The van der Waals surface area contributed by atoms with E-state index in [1.54, 1.807) is 36.5 Å². The minimum absolute atomic E-state index is 0.189. The van der Waals surface area contributed by atoms with Crippen molar-refractivity contribution in [1.82, 2.24) is 15.0 Å². The quantitative estimate of drug-likeness (QED) is 0.184. The average molecular weight is 505 g/mol. The van der Waals surface area contributed by atoms with Crippen LogP contribution in [0.2, 0.25) is 5.02 Å². The number of nitrogens with two attached hydrogens (primary N) is 1. The average Bonchev–Trinajstić information content (AvgIpc) is 3.52. The van der Waals surface area contributed by atoms with Crippen LogP contribution < -0.4 is 16.6 Å². The Morgan fingerprint density at radius 2 is 2.08 bits per heavy atom. The Kier molecular flexibility index (Phi) is 6.80. The first-order valence-electron chi connectivity index (χ1n) is 12.1. The van der Waals surface area contributed by atoms with Crippen molar-refractivity contribution in [1.29, 1.82) is 0 Å². The van der Waals surface area contributed by atoms with Crippen LogP contribution in [0, 0.1) is 6.92 Å². The summed E-state index contributed by atoms with van der Waals surface area (Å²) in [5.74, 6) is 0.955. The summed E-state index contributed by atoms with van der Waals surface area (Å²) in [6, 6.07) is 13.0. The maximum absolute atomic E-state index is 12.9. The van der Waals surface area contributed by atoms with Crippen molar-refractivity contribution in [3.63, 3.8) is 0 Å². The second-order valence-electron chi connectivity index (χ2n) is 9.27. The van der Waals surface area contributed by atoms with E-state index >= 15 is 0 Å². The molecule has 4 aromatic rings. The fourth-order valence-electron chi connectivity index (χ4n) is 4.76. The number of rotatable bonds is 7. The molecule has 0 amide bonds. The Bertz CT molecular complexity index is 1490. The number of anilines is 1. The van der Waals surface area contributed by atoms with Crippen LogP contribution in [0.1, 0.15) is 48.5 Å². The molecule has 186 valence electrons. The first kappa shape index (κ1) is 24.1. The summed E-state index contributed by atoms with van der Waals surface area (Å²) in [5, 5.41) is 14.4. The molecule has 9 heteroatoms. The Hall–Kier alpha value is -3.62. The molecule has 1 unspecified atom stereocenters. The van der Waals surface area contributed by atoms with Gasteiger partial charge in [-0.05, 0) is 61.2 Å². The molecule has 2 heterocycles. The van der Waals surface area contributed by atoms with Gasteiger partial charge in [0.1, 0.15) is 17.2 Å². The zero-order chi connectivity index (χ0) is 25.2. The number of aromatic amines is 2. The van der Waals surface area contributed by atoms with Gasteiger partial charge in [-0.1, -0.05) is 36.6 Å². The maximum Gasteiger partial charge on any atom is 0.261 e. The highest BCUT2D eigenvalue weighted by atomic mass is 35.5. The highest BCUT2D eigenvalue weighted by Gasteiger charge is 2.18. The second-order valence-corrected chi connectivity index (χ2v) is 9.71. The number of nitrogens with zero attached hydrogens (tertiary/aromatic N) is 2. The van der Waals surface area contributed by atoms with Crippen LogP contribution >= 0.6 is 11.6 Å². The Morgan fingerprint density at radius 3 is 2.86 bits per heavy atom. The van der Waals surface area contributed by atoms with E-state index in [0.29, 0.717) is 33.5 Å². The predicted molar refractivity (Wildman–Crippen MR) is 145 cm³/mol. The number of aliphatic hydroxyl groups is 1. The van der Waals surface area contributed by atoms with Gasteiger partial charge in [0.15, 0.2) is 0 Å². The maximum atomic E-state index is 12.9. The van der Waals surface area contributed by atoms with Crippen LogP contribution in [-0.4, -0.2) is 38.5 Å². The number of hydrogen-bond donors (Lipinski definition) is 5. The molecule has 1 aliphatic carbocycles. The van der Waals surface area contributed by atoms with Gasteiger partial charge in [0, 0.05) is 23.3 Å². The summed E-state index contributed by atoms with van der Waals surface area (Å²) < 4.78 is 0. The van der Waals surface area contributed by atoms with Gasteiger partial charge in [0.2, 0.25) is 0 Å². The van der Waals surface area contributed by atoms with E-state index in [-0.39, 0.29) is 18.1 Å². The summed E-state index contributed by atoms with van der Waals surface area (Å²) in [4.78, 5) is 28.3. The Balaban J connectivity index is 1.45. The van der Waals surface area contributed by atoms with Crippen LogP contribution in [0.15, 0.2) is 58.4 Å². The van der Waals surface area contributed by atoms with Gasteiger partial charge in [-0.2, -0.15) is 0 Å². The molecule has 0 aliphatic heterocycles. The molecule has 5 rings (SSSR count). The van der Waals surface area contributed by atoms with Crippen molar-refractivity contribution in [3.8, 4) is 11.4 Å². The normalized spacial score (nSPS) is 15.5. The molecule has 0 saturated heterocycles. The highest BCUT2D eigenvalue weighted by molar-refractivity contribution is 6.30. The summed E-state index contributed by atoms with van der Waals surface area (Å²) in [5.41, 5.74) is 11.0. The number of aliphatic hydroxyl groups excluding tert-OH is 1. The molecule has 1 saturated carbocycles. The van der Waals surface area contributed by atoms with Gasteiger partial charge < -0.3 is 26.1 Å². The van der Waals surface area contributed by atoms with E-state index in [2.05, 4.69) is 15.3 Å². The molecule has 1 atom stereocenters. The van der Waals surface area contributed by atoms with Gasteiger partial charge in [0.25, 0.3) is 5.56 Å². The second kappa shape index (κ2) is 10.2. The number of pyridine rings is 1. The number of fused-ring (bicyclic) bond motifs is 1. The fourth-order valence-corrected chi connectivity index (χ4v) is 4.96. The van der Waals surface area contributed by atoms with Gasteiger partial charge in [-0.25, -0.2) is 4.98 Å². The SMILES string of the molecule is Cc1cc(C(N)=NC2CCCC2)cc2[nH]c(-c3c(NCC(O)c4cccc(Cl)c4)cc[nH]c3=O)nc12. The molecular weight excluding hydrogens is 476 g/mol. The van der Waals surface area contributed by atoms with Crippen molar-refractivity contribution < 1.29 is 5.11 Å². The predicted octanol–water partition coefficient (Wildman–Crippen LogP) is 4.67. The lowest BCUT2D eigenvalue weighted by molar-refractivity contribution is 0.191. The lowest BCUT2D eigenvalue weighted by Gasteiger charge is -2.15. The van der Waals surface area contributed by atoms with Crippen LogP contribution in [0.25, 0.3) is 22.4 Å². The summed E-state index contributed by atoms with van der Waals surface area (Å²) in [6.07, 6.45) is 5.30. The van der Waals surface area contributed by atoms with Crippen molar-refractivity contribution in [2.45, 2.75) is 44.8 Å². The number of halogens is 1. The van der Waals surface area contributed by atoms with E-state index in [9.17, 15) is 9.90 Å². The first-order chi connectivity index (χ1) is 17.4. The molecule has 2 aromatic carbocycles. The number of imidazole rings is 1. The molecule has 1 fully saturated rings. The molecular formula is C27H29ClN6O2. The van der Waals surface area contributed by atoms with Crippen LogP contribution in [0.3, 0.4) is 0 Å². The van der Waals surface area contributed by atoms with E-state index in [1.807, 2.05) is 19.1 Å². The summed E-state index contributed by atoms with van der Waals surface area (Å²) in [7, 11) is 0. The van der Waals surface area contributed by atoms with Crippen molar-refractivity contribution in [2.75, 3.05) is 11.9 Å². The topological polar surface area (TPSA) is 132 Å². The van der Waals surface area contributed by atoms with E-state index < -0.39 is 6.10 Å². The molecule has 8 nitrogen and oxygen atoms in total. The summed E-state index contributed by atoms with van der Waals surface area (Å²) >= 11 is 6.05. The smallest absolute Gasteiger partial charge is 0.261 e. The van der Waals surface area contributed by atoms with Crippen LogP contribution in [0.5, 0.6) is 0 Å². The number of aromatic nitrogens is 3. The lowest BCUT2D eigenvalue weighted by atomic mass is 10.1. The third kappa shape index (κ3) is 5.01. The minimum Gasteiger partial charge on any atom is -0.387 e. The standard InChI is InChI=1S/C27H29ClN6O2/c1-15-11-17(25(29)32-19-7-2-3-8-19)13-21-24(15)34-26(33-21)23-20(9-10-30-27(23)36)31-14-22(35)16-5-4-6-18(28)12-16/h4-6,9-13,19,22,35H,2-3,7-8,14H2,1H3,(H2,29,32)(H,33,34)(H2,30,31,36). The molecule has 6 N–H and O–H groups in total. The van der Waals surface area contributed by atoms with Gasteiger partial charge in [-0.3, -0.25) is 9.79 Å². The van der Waals surface area contributed by atoms with Gasteiger partial charge in [-0.15, -0.1) is 0 Å². The number of H-pyrrole nitrogens is 2. The Labute approximate surface area is 213 Å². The number of aryl methyl sites for hydroxylation is 1. The van der Waals surface area contributed by atoms with Crippen molar-refractivity contribution in [2.24, 2.45) is 10.7 Å². The number of hydrogen-bond acceptors (Lipinski definition) is 5. The lowest BCUT2D eigenvalue weighted by Crippen LogP contribution is -2.17. The zero-order valence-electron chi connectivity index (χ0n) is 20.0. The van der Waals surface area contributed by atoms with Gasteiger partial charge in [0.05, 0.1) is 28.9 Å². The third-order valence-electron chi connectivity index (χ3n) is 6.64. The third-order valence-corrected chi connectivity index (χ3v) is 6.87. The Morgan fingerprint density at radius 1 is 1.28 bits per heavy atom.